The van der Waals surface area contributed by atoms with Gasteiger partial charge in [-0.3, -0.25) is 4.79 Å². The van der Waals surface area contributed by atoms with Gasteiger partial charge in [0.2, 0.25) is 0 Å². The van der Waals surface area contributed by atoms with Crippen LogP contribution in [0, 0.1) is 0 Å². The molecule has 2 aromatic rings. The third-order valence-corrected chi connectivity index (χ3v) is 4.72. The van der Waals surface area contributed by atoms with E-state index >= 15 is 0 Å². The van der Waals surface area contributed by atoms with Crippen LogP contribution < -0.4 is 10.2 Å². The molecule has 1 saturated heterocycles. The van der Waals surface area contributed by atoms with E-state index in [9.17, 15) is 4.79 Å². The van der Waals surface area contributed by atoms with E-state index in [4.69, 9.17) is 11.6 Å². The van der Waals surface area contributed by atoms with Gasteiger partial charge in [-0.2, -0.15) is 0 Å². The molecular weight excluding hydrogens is 324 g/mol. The molecule has 3 rings (SSSR count). The second kappa shape index (κ2) is 7.71. The Hall–Kier alpha value is -2.01. The first-order chi connectivity index (χ1) is 11.7. The van der Waals surface area contributed by atoms with Gasteiger partial charge in [0.15, 0.2) is 0 Å². The van der Waals surface area contributed by atoms with Gasteiger partial charge < -0.3 is 14.8 Å². The molecule has 0 saturated carbocycles. The van der Waals surface area contributed by atoms with Crippen LogP contribution in [0.1, 0.15) is 35.9 Å². The fourth-order valence-corrected chi connectivity index (χ4v) is 3.41. The van der Waals surface area contributed by atoms with Crippen LogP contribution in [0.5, 0.6) is 0 Å². The second-order valence-corrected chi connectivity index (χ2v) is 6.41. The van der Waals surface area contributed by atoms with Crippen molar-refractivity contribution in [2.24, 2.45) is 0 Å². The lowest BCUT2D eigenvalue weighted by Crippen LogP contribution is -2.27. The highest BCUT2D eigenvalue weighted by Crippen LogP contribution is 2.29. The van der Waals surface area contributed by atoms with Gasteiger partial charge in [0.1, 0.15) is 5.82 Å². The summed E-state index contributed by atoms with van der Waals surface area (Å²) in [4.78, 5) is 18.9. The minimum absolute atomic E-state index is 0.0944. The summed E-state index contributed by atoms with van der Waals surface area (Å²) in [7, 11) is 0. The van der Waals surface area contributed by atoms with E-state index < -0.39 is 0 Å². The van der Waals surface area contributed by atoms with E-state index in [1.54, 1.807) is 12.3 Å². The largest absolute Gasteiger partial charge is 0.370 e. The van der Waals surface area contributed by atoms with Crippen LogP contribution in [0.4, 0.5) is 5.69 Å². The molecule has 0 radical (unpaired) electrons. The van der Waals surface area contributed by atoms with Crippen molar-refractivity contribution >= 4 is 23.2 Å². The number of nitrogens with one attached hydrogen (secondary N) is 1. The van der Waals surface area contributed by atoms with E-state index in [1.165, 1.54) is 12.8 Å². The lowest BCUT2D eigenvalue weighted by Gasteiger charge is -2.19. The molecule has 1 aliphatic heterocycles. The zero-order valence-corrected chi connectivity index (χ0v) is 14.7. The number of benzene rings is 1. The number of aryl methyl sites for hydroxylation is 1. The average Bonchev–Trinajstić information content (AvgIpc) is 3.26. The molecule has 6 heteroatoms. The number of aromatic nitrogens is 2. The van der Waals surface area contributed by atoms with Crippen molar-refractivity contribution in [2.75, 3.05) is 24.5 Å². The van der Waals surface area contributed by atoms with E-state index in [0.717, 1.165) is 31.0 Å². The molecule has 1 fully saturated rings. The monoisotopic (exact) mass is 346 g/mol. The highest BCUT2D eigenvalue weighted by Gasteiger charge is 2.16. The number of anilines is 1. The van der Waals surface area contributed by atoms with Crippen molar-refractivity contribution in [3.05, 3.63) is 47.0 Å². The van der Waals surface area contributed by atoms with Crippen LogP contribution in [0.25, 0.3) is 0 Å². The lowest BCUT2D eigenvalue weighted by atomic mass is 10.2. The Morgan fingerprint density at radius 2 is 2.12 bits per heavy atom. The highest BCUT2D eigenvalue weighted by molar-refractivity contribution is 6.33. The van der Waals surface area contributed by atoms with E-state index in [2.05, 4.69) is 26.7 Å². The first-order valence-corrected chi connectivity index (χ1v) is 8.89. The Bertz CT molecular complexity index is 707. The smallest absolute Gasteiger partial charge is 0.251 e. The minimum atomic E-state index is -0.0944. The quantitative estimate of drug-likeness (QED) is 0.874. The van der Waals surface area contributed by atoms with Gasteiger partial charge >= 0.3 is 0 Å². The van der Waals surface area contributed by atoms with E-state index in [-0.39, 0.29) is 5.91 Å². The topological polar surface area (TPSA) is 50.2 Å². The summed E-state index contributed by atoms with van der Waals surface area (Å²) >= 11 is 6.37. The van der Waals surface area contributed by atoms with Gasteiger partial charge in [0, 0.05) is 50.6 Å². The van der Waals surface area contributed by atoms with Gasteiger partial charge in [-0.05, 0) is 31.0 Å². The van der Waals surface area contributed by atoms with E-state index in [1.807, 2.05) is 18.3 Å². The highest BCUT2D eigenvalue weighted by atomic mass is 35.5. The zero-order valence-electron chi connectivity index (χ0n) is 14.0. The fraction of sp³-hybridized carbons (Fsp3) is 0.444. The molecule has 0 spiro atoms. The Kier molecular flexibility index (Phi) is 5.41. The molecule has 1 aliphatic rings. The summed E-state index contributed by atoms with van der Waals surface area (Å²) in [6.07, 6.45) is 7.01. The normalized spacial score (nSPS) is 14.2. The second-order valence-electron chi connectivity index (χ2n) is 6.01. The van der Waals surface area contributed by atoms with Crippen molar-refractivity contribution in [3.8, 4) is 0 Å². The number of rotatable bonds is 6. The van der Waals surface area contributed by atoms with Crippen molar-refractivity contribution in [1.82, 2.24) is 14.9 Å². The predicted octanol–water partition coefficient (Wildman–Crippen LogP) is 3.13. The molecule has 0 atom stereocenters. The van der Waals surface area contributed by atoms with Crippen LogP contribution in [-0.2, 0) is 13.0 Å². The Morgan fingerprint density at radius 3 is 2.83 bits per heavy atom. The summed E-state index contributed by atoms with van der Waals surface area (Å²) < 4.78 is 2.06. The van der Waals surface area contributed by atoms with Crippen molar-refractivity contribution in [1.29, 1.82) is 0 Å². The average molecular weight is 347 g/mol. The van der Waals surface area contributed by atoms with Crippen LogP contribution in [0.15, 0.2) is 30.6 Å². The molecule has 24 heavy (non-hydrogen) atoms. The van der Waals surface area contributed by atoms with Crippen molar-refractivity contribution < 1.29 is 4.79 Å². The maximum Gasteiger partial charge on any atom is 0.251 e. The van der Waals surface area contributed by atoms with Crippen LogP contribution in [0.2, 0.25) is 5.02 Å². The van der Waals surface area contributed by atoms with Crippen molar-refractivity contribution in [2.45, 2.75) is 32.7 Å². The van der Waals surface area contributed by atoms with Crippen LogP contribution >= 0.6 is 11.6 Å². The number of halogens is 1. The van der Waals surface area contributed by atoms with Gasteiger partial charge in [-0.1, -0.05) is 18.5 Å². The molecule has 5 nitrogen and oxygen atoms in total. The van der Waals surface area contributed by atoms with E-state index in [0.29, 0.717) is 23.7 Å². The van der Waals surface area contributed by atoms with Crippen molar-refractivity contribution in [3.63, 3.8) is 0 Å². The number of nitrogens with zero attached hydrogens (tertiary/aromatic N) is 3. The third kappa shape index (κ3) is 3.73. The minimum Gasteiger partial charge on any atom is -0.370 e. The summed E-state index contributed by atoms with van der Waals surface area (Å²) in [6.45, 7) is 5.43. The first-order valence-electron chi connectivity index (χ1n) is 8.51. The molecular formula is C18H23ClN4O. The summed E-state index contributed by atoms with van der Waals surface area (Å²) in [5.74, 6) is 0.935. The molecule has 1 aromatic carbocycles. The number of amides is 1. The predicted molar refractivity (Wildman–Crippen MR) is 96.8 cm³/mol. The molecule has 1 aromatic heterocycles. The summed E-state index contributed by atoms with van der Waals surface area (Å²) in [6, 6.07) is 5.57. The van der Waals surface area contributed by atoms with Gasteiger partial charge in [0.25, 0.3) is 5.91 Å². The molecule has 128 valence electrons. The maximum atomic E-state index is 12.3. The zero-order chi connectivity index (χ0) is 16.9. The standard InChI is InChI=1S/C18H23ClN4O/c1-2-17-20-7-11-23(17)12-8-21-18(24)14-5-6-16(15(19)13-14)22-9-3-4-10-22/h5-7,11,13H,2-4,8-10,12H2,1H3,(H,21,24). The van der Waals surface area contributed by atoms with Crippen LogP contribution in [0.3, 0.4) is 0 Å². The molecule has 1 amide bonds. The Morgan fingerprint density at radius 1 is 1.33 bits per heavy atom. The molecule has 0 aliphatic carbocycles. The number of hydrogen-bond acceptors (Lipinski definition) is 3. The number of carbonyl (C=O) groups is 1. The number of hydrogen-bond donors (Lipinski definition) is 1. The molecule has 0 unspecified atom stereocenters. The van der Waals surface area contributed by atoms with Crippen LogP contribution in [-0.4, -0.2) is 35.1 Å². The molecule has 1 N–H and O–H groups in total. The first kappa shape index (κ1) is 16.8. The molecule has 2 heterocycles. The summed E-state index contributed by atoms with van der Waals surface area (Å²) in [5, 5.41) is 3.59. The number of imidazole rings is 1. The lowest BCUT2D eigenvalue weighted by molar-refractivity contribution is 0.0952. The maximum absolute atomic E-state index is 12.3. The van der Waals surface area contributed by atoms with Gasteiger partial charge in [0.05, 0.1) is 10.7 Å². The summed E-state index contributed by atoms with van der Waals surface area (Å²) in [5.41, 5.74) is 1.63. The fourth-order valence-electron chi connectivity index (χ4n) is 3.11. The molecule has 0 bridgehead atoms. The van der Waals surface area contributed by atoms with Gasteiger partial charge in [-0.15, -0.1) is 0 Å². The SMILES string of the molecule is CCc1nccn1CCNC(=O)c1ccc(N2CCCC2)c(Cl)c1. The number of carbonyl (C=O) groups excluding carboxylic acids is 1. The third-order valence-electron chi connectivity index (χ3n) is 4.41. The Balaban J connectivity index is 1.57. The van der Waals surface area contributed by atoms with Gasteiger partial charge in [-0.25, -0.2) is 4.98 Å². The Labute approximate surface area is 147 Å².